The minimum Gasteiger partial charge on any atom is -0.497 e. The fraction of sp³-hybridized carbons (Fsp3) is 0.0500. The molecule has 0 aliphatic heterocycles. The number of hydrogen-bond donors (Lipinski definition) is 0. The number of hydrogen-bond acceptors (Lipinski definition) is 6. The number of rotatable bonds is 4. The van der Waals surface area contributed by atoms with Gasteiger partial charge in [-0.25, -0.2) is 0 Å². The molecule has 26 heavy (non-hydrogen) atoms. The van der Waals surface area contributed by atoms with Crippen LogP contribution in [0.2, 0.25) is 0 Å². The van der Waals surface area contributed by atoms with E-state index in [0.717, 1.165) is 33.8 Å². The number of aromatic nitrogens is 2. The van der Waals surface area contributed by atoms with Gasteiger partial charge in [0, 0.05) is 22.9 Å². The van der Waals surface area contributed by atoms with Gasteiger partial charge in [0.15, 0.2) is 0 Å². The highest BCUT2D eigenvalue weighted by Gasteiger charge is 2.15. The van der Waals surface area contributed by atoms with E-state index >= 15 is 0 Å². The third-order valence-electron chi connectivity index (χ3n) is 3.91. The molecular weight excluding hydrogens is 348 g/mol. The van der Waals surface area contributed by atoms with Crippen LogP contribution in [0.1, 0.15) is 10.4 Å². The molecule has 0 amide bonds. The molecule has 1 aromatic heterocycles. The number of fused-ring (bicyclic) bond motifs is 1. The van der Waals surface area contributed by atoms with Gasteiger partial charge in [0.25, 0.3) is 5.22 Å². The zero-order valence-corrected chi connectivity index (χ0v) is 14.7. The van der Waals surface area contributed by atoms with Crippen LogP contribution >= 0.6 is 11.8 Å². The second-order valence-electron chi connectivity index (χ2n) is 5.55. The number of thioether (sulfide) groups is 1. The fourth-order valence-corrected chi connectivity index (χ4v) is 3.16. The van der Waals surface area contributed by atoms with E-state index in [1.807, 2.05) is 60.7 Å². The van der Waals surface area contributed by atoms with Gasteiger partial charge in [-0.05, 0) is 47.2 Å². The molecule has 3 aromatic carbocycles. The summed E-state index contributed by atoms with van der Waals surface area (Å²) in [6, 6.07) is 20.8. The Balaban J connectivity index is 1.53. The van der Waals surface area contributed by atoms with E-state index < -0.39 is 0 Å². The van der Waals surface area contributed by atoms with Gasteiger partial charge in [-0.1, -0.05) is 30.3 Å². The largest absolute Gasteiger partial charge is 0.497 e. The van der Waals surface area contributed by atoms with Crippen molar-refractivity contribution in [1.82, 2.24) is 10.2 Å². The number of ether oxygens (including phenoxy) is 1. The van der Waals surface area contributed by atoms with Crippen LogP contribution < -0.4 is 4.74 Å². The molecule has 0 aliphatic rings. The first kappa shape index (κ1) is 16.4. The maximum Gasteiger partial charge on any atom is 0.284 e. The first-order valence-electron chi connectivity index (χ1n) is 7.92. The molecule has 5 nitrogen and oxygen atoms in total. The summed E-state index contributed by atoms with van der Waals surface area (Å²) in [7, 11) is 1.61. The average Bonchev–Trinajstić information content (AvgIpc) is 3.16. The SMILES string of the molecule is COc1ccc(-c2nnc(SC(=O)c3ccc4ccccc4c3)o2)cc1. The van der Waals surface area contributed by atoms with Crippen LogP contribution in [0.15, 0.2) is 76.4 Å². The maximum atomic E-state index is 12.5. The predicted molar refractivity (Wildman–Crippen MR) is 100 cm³/mol. The second-order valence-corrected chi connectivity index (χ2v) is 6.48. The number of carbonyl (C=O) groups is 1. The molecule has 0 N–H and O–H groups in total. The third kappa shape index (κ3) is 3.32. The van der Waals surface area contributed by atoms with Gasteiger partial charge in [0.05, 0.1) is 7.11 Å². The molecule has 0 atom stereocenters. The van der Waals surface area contributed by atoms with E-state index in [2.05, 4.69) is 10.2 Å². The quantitative estimate of drug-likeness (QED) is 0.485. The van der Waals surface area contributed by atoms with E-state index in [4.69, 9.17) is 9.15 Å². The lowest BCUT2D eigenvalue weighted by atomic mass is 10.1. The fourth-order valence-electron chi connectivity index (χ4n) is 2.56. The zero-order chi connectivity index (χ0) is 17.9. The van der Waals surface area contributed by atoms with Crippen molar-refractivity contribution >= 4 is 27.6 Å². The minimum atomic E-state index is -0.138. The normalized spacial score (nSPS) is 10.8. The monoisotopic (exact) mass is 362 g/mol. The number of carbonyl (C=O) groups excluding carboxylic acids is 1. The van der Waals surface area contributed by atoms with E-state index in [1.165, 1.54) is 0 Å². The van der Waals surface area contributed by atoms with E-state index in [1.54, 1.807) is 13.2 Å². The Morgan fingerprint density at radius 3 is 2.50 bits per heavy atom. The summed E-state index contributed by atoms with van der Waals surface area (Å²) < 4.78 is 10.7. The van der Waals surface area contributed by atoms with Crippen molar-refractivity contribution < 1.29 is 13.9 Å². The smallest absolute Gasteiger partial charge is 0.284 e. The van der Waals surface area contributed by atoms with Crippen LogP contribution in [0.3, 0.4) is 0 Å². The summed E-state index contributed by atoms with van der Waals surface area (Å²) in [4.78, 5) is 12.5. The van der Waals surface area contributed by atoms with Crippen LogP contribution in [0.25, 0.3) is 22.2 Å². The van der Waals surface area contributed by atoms with Gasteiger partial charge < -0.3 is 9.15 Å². The Labute approximate surface area is 154 Å². The lowest BCUT2D eigenvalue weighted by Crippen LogP contribution is -1.93. The lowest BCUT2D eigenvalue weighted by molar-refractivity contribution is 0.108. The first-order valence-corrected chi connectivity index (χ1v) is 8.73. The molecule has 0 fully saturated rings. The van der Waals surface area contributed by atoms with Gasteiger partial charge in [-0.3, -0.25) is 4.79 Å². The minimum absolute atomic E-state index is 0.138. The van der Waals surface area contributed by atoms with Gasteiger partial charge >= 0.3 is 0 Å². The van der Waals surface area contributed by atoms with Gasteiger partial charge in [0.2, 0.25) is 11.0 Å². The number of nitrogens with zero attached hydrogens (tertiary/aromatic N) is 2. The van der Waals surface area contributed by atoms with Crippen molar-refractivity contribution in [2.75, 3.05) is 7.11 Å². The van der Waals surface area contributed by atoms with Crippen molar-refractivity contribution in [1.29, 1.82) is 0 Å². The molecule has 0 saturated heterocycles. The van der Waals surface area contributed by atoms with Crippen molar-refractivity contribution in [2.24, 2.45) is 0 Å². The van der Waals surface area contributed by atoms with Crippen LogP contribution in [-0.2, 0) is 0 Å². The number of methoxy groups -OCH3 is 1. The maximum absolute atomic E-state index is 12.5. The average molecular weight is 362 g/mol. The van der Waals surface area contributed by atoms with Crippen molar-refractivity contribution in [3.05, 3.63) is 72.3 Å². The lowest BCUT2D eigenvalue weighted by Gasteiger charge is -2.01. The predicted octanol–water partition coefficient (Wildman–Crippen LogP) is 4.83. The molecule has 4 rings (SSSR count). The van der Waals surface area contributed by atoms with Crippen molar-refractivity contribution in [2.45, 2.75) is 5.22 Å². The molecule has 0 radical (unpaired) electrons. The molecule has 1 heterocycles. The van der Waals surface area contributed by atoms with E-state index in [-0.39, 0.29) is 10.3 Å². The van der Waals surface area contributed by atoms with Gasteiger partial charge in [-0.15, -0.1) is 10.2 Å². The Kier molecular flexibility index (Phi) is 4.41. The highest BCUT2D eigenvalue weighted by atomic mass is 32.2. The summed E-state index contributed by atoms with van der Waals surface area (Å²) in [5, 5.41) is 10.2. The summed E-state index contributed by atoms with van der Waals surface area (Å²) in [5.41, 5.74) is 1.36. The molecule has 6 heteroatoms. The summed E-state index contributed by atoms with van der Waals surface area (Å²) in [6.07, 6.45) is 0. The highest BCUT2D eigenvalue weighted by molar-refractivity contribution is 8.14. The molecule has 0 spiro atoms. The van der Waals surface area contributed by atoms with Crippen LogP contribution in [0.5, 0.6) is 5.75 Å². The van der Waals surface area contributed by atoms with E-state index in [0.29, 0.717) is 11.5 Å². The summed E-state index contributed by atoms with van der Waals surface area (Å²) >= 11 is 0.925. The van der Waals surface area contributed by atoms with Gasteiger partial charge in [-0.2, -0.15) is 0 Å². The number of benzene rings is 3. The molecule has 4 aromatic rings. The topological polar surface area (TPSA) is 65.2 Å². The van der Waals surface area contributed by atoms with E-state index in [9.17, 15) is 4.79 Å². The molecule has 0 saturated carbocycles. The second kappa shape index (κ2) is 7.01. The first-order chi connectivity index (χ1) is 12.7. The molecule has 0 unspecified atom stereocenters. The molecular formula is C20H14N2O3S. The molecule has 0 aliphatic carbocycles. The standard InChI is InChI=1S/C20H14N2O3S/c1-24-17-10-8-14(9-11-17)18-21-22-20(25-18)26-19(23)16-7-6-13-4-2-3-5-15(13)12-16/h2-12H,1H3. The van der Waals surface area contributed by atoms with Gasteiger partial charge in [0.1, 0.15) is 5.75 Å². The van der Waals surface area contributed by atoms with Crippen molar-refractivity contribution in [3.63, 3.8) is 0 Å². The zero-order valence-electron chi connectivity index (χ0n) is 13.9. The molecule has 128 valence electrons. The Bertz CT molecular complexity index is 1070. The third-order valence-corrected chi connectivity index (χ3v) is 4.67. The Morgan fingerprint density at radius 1 is 0.962 bits per heavy atom. The van der Waals surface area contributed by atoms with Crippen LogP contribution in [-0.4, -0.2) is 22.4 Å². The Hall–Kier alpha value is -3.12. The van der Waals surface area contributed by atoms with Crippen molar-refractivity contribution in [3.8, 4) is 17.2 Å². The Morgan fingerprint density at radius 2 is 1.73 bits per heavy atom. The summed E-state index contributed by atoms with van der Waals surface area (Å²) in [5.74, 6) is 1.11. The molecule has 0 bridgehead atoms. The van der Waals surface area contributed by atoms with Crippen LogP contribution in [0, 0.1) is 0 Å². The van der Waals surface area contributed by atoms with Crippen LogP contribution in [0.4, 0.5) is 0 Å². The highest BCUT2D eigenvalue weighted by Crippen LogP contribution is 2.27. The summed E-state index contributed by atoms with van der Waals surface area (Å²) in [6.45, 7) is 0.